The molecule has 0 aromatic rings. The molecule has 1 atom stereocenters. The monoisotopic (exact) mass is 965 g/mol. The van der Waals surface area contributed by atoms with E-state index < -0.39 is 6.10 Å². The Morgan fingerprint density at radius 2 is 0.629 bits per heavy atom. The fourth-order valence-electron chi connectivity index (χ4n) is 7.04. The van der Waals surface area contributed by atoms with Crippen LogP contribution in [-0.2, 0) is 28.6 Å². The highest BCUT2D eigenvalue weighted by molar-refractivity contribution is 5.71. The van der Waals surface area contributed by atoms with Gasteiger partial charge < -0.3 is 14.2 Å². The molecule has 6 nitrogen and oxygen atoms in total. The van der Waals surface area contributed by atoms with Crippen LogP contribution >= 0.6 is 0 Å². The first-order chi connectivity index (χ1) is 34.5. The SMILES string of the molecule is CC\C=C/C=C\C=C/C=C\C=C\C=C/CCCCCC(=O)OC(COC(=O)CCC/C=C\C/C=C\C/C=C\C/C=C\CCCCC)COC(=O)CCCCCCC/C=C\C=C/CCCCCCCCC. The Morgan fingerprint density at radius 1 is 0.314 bits per heavy atom. The molecule has 0 saturated heterocycles. The third kappa shape index (κ3) is 54.2. The summed E-state index contributed by atoms with van der Waals surface area (Å²) < 4.78 is 16.7. The van der Waals surface area contributed by atoms with Crippen LogP contribution in [0.15, 0.2) is 146 Å². The lowest BCUT2D eigenvalue weighted by Crippen LogP contribution is -2.30. The van der Waals surface area contributed by atoms with Crippen molar-refractivity contribution in [3.63, 3.8) is 0 Å². The number of carbonyl (C=O) groups is 3. The van der Waals surface area contributed by atoms with Gasteiger partial charge >= 0.3 is 17.9 Å². The van der Waals surface area contributed by atoms with Crippen LogP contribution in [0.1, 0.15) is 220 Å². The van der Waals surface area contributed by atoms with Crippen molar-refractivity contribution < 1.29 is 28.6 Å². The number of ether oxygens (including phenoxy) is 3. The summed E-state index contributed by atoms with van der Waals surface area (Å²) >= 11 is 0. The number of esters is 3. The Hall–Kier alpha value is -4.71. The third-order valence-electron chi connectivity index (χ3n) is 11.2. The van der Waals surface area contributed by atoms with E-state index in [1.165, 1.54) is 77.0 Å². The minimum Gasteiger partial charge on any atom is -0.462 e. The molecule has 0 fully saturated rings. The van der Waals surface area contributed by atoms with Crippen molar-refractivity contribution in [3.05, 3.63) is 146 Å². The van der Waals surface area contributed by atoms with Crippen molar-refractivity contribution in [2.24, 2.45) is 0 Å². The molecule has 0 saturated carbocycles. The van der Waals surface area contributed by atoms with E-state index in [1.807, 2.05) is 60.8 Å². The molecule has 0 spiro atoms. The summed E-state index contributed by atoms with van der Waals surface area (Å²) in [5.74, 6) is -1.05. The van der Waals surface area contributed by atoms with E-state index in [9.17, 15) is 14.4 Å². The van der Waals surface area contributed by atoms with Crippen molar-refractivity contribution in [2.45, 2.75) is 226 Å². The second-order valence-electron chi connectivity index (χ2n) is 17.9. The summed E-state index contributed by atoms with van der Waals surface area (Å²) in [5, 5.41) is 0. The molecule has 0 aliphatic carbocycles. The summed E-state index contributed by atoms with van der Waals surface area (Å²) in [5.41, 5.74) is 0. The van der Waals surface area contributed by atoms with Crippen molar-refractivity contribution >= 4 is 17.9 Å². The first kappa shape index (κ1) is 65.3. The lowest BCUT2D eigenvalue weighted by molar-refractivity contribution is -0.167. The number of carbonyl (C=O) groups excluding carboxylic acids is 3. The quantitative estimate of drug-likeness (QED) is 0.0199. The molecule has 6 heteroatoms. The standard InChI is InChI=1S/C64H100O6/c1-4-7-10-13-16-19-22-25-28-31-34-36-39-42-45-48-51-54-57-63(66)69-60-61(70-64(67)58-55-52-49-46-43-40-37-33-30-27-24-21-18-15-12-9-6-3)59-68-62(65)56-53-50-47-44-41-38-35-32-29-26-23-20-17-14-11-8-5-2/h9,12,15,17-18,20-21,24,26-31,33-38,40,43-44,47,61H,4-8,10-11,13-14,16,19,22-23,25,32,39,41-42,45-46,48-60H2,1-3H3/b12-9-,18-15-,20-17-,24-21-,29-26-,30-27-,31-28-,36-34-,37-33+,38-35-,43-40-,47-44-. The van der Waals surface area contributed by atoms with E-state index in [2.05, 4.69) is 106 Å². The smallest absolute Gasteiger partial charge is 0.306 e. The zero-order valence-electron chi connectivity index (χ0n) is 44.7. The number of hydrogen-bond acceptors (Lipinski definition) is 6. The summed E-state index contributed by atoms with van der Waals surface area (Å²) in [6.45, 7) is 6.35. The average molecular weight is 965 g/mol. The molecule has 0 aromatic carbocycles. The highest BCUT2D eigenvalue weighted by Gasteiger charge is 2.19. The van der Waals surface area contributed by atoms with Crippen molar-refractivity contribution in [2.75, 3.05) is 13.2 Å². The topological polar surface area (TPSA) is 78.9 Å². The molecule has 0 amide bonds. The molecule has 0 heterocycles. The van der Waals surface area contributed by atoms with Gasteiger partial charge in [0.1, 0.15) is 13.2 Å². The van der Waals surface area contributed by atoms with Crippen molar-refractivity contribution in [3.8, 4) is 0 Å². The number of hydrogen-bond donors (Lipinski definition) is 0. The van der Waals surface area contributed by atoms with Gasteiger partial charge in [-0.05, 0) is 103 Å². The van der Waals surface area contributed by atoms with Gasteiger partial charge in [0.25, 0.3) is 0 Å². The zero-order chi connectivity index (χ0) is 50.7. The normalized spacial score (nSPS) is 13.2. The van der Waals surface area contributed by atoms with E-state index in [0.717, 1.165) is 89.9 Å². The summed E-state index contributed by atoms with van der Waals surface area (Å²) in [6, 6.07) is 0. The highest BCUT2D eigenvalue weighted by atomic mass is 16.6. The Labute approximate surface area is 429 Å². The number of allylic oxidation sites excluding steroid dienone is 24. The molecule has 1 unspecified atom stereocenters. The van der Waals surface area contributed by atoms with Gasteiger partial charge in [0, 0.05) is 19.3 Å². The largest absolute Gasteiger partial charge is 0.462 e. The van der Waals surface area contributed by atoms with Crippen LogP contribution in [0.4, 0.5) is 0 Å². The Morgan fingerprint density at radius 3 is 1.11 bits per heavy atom. The fourth-order valence-corrected chi connectivity index (χ4v) is 7.04. The van der Waals surface area contributed by atoms with Crippen LogP contribution in [0, 0.1) is 0 Å². The molecular weight excluding hydrogens is 865 g/mol. The maximum Gasteiger partial charge on any atom is 0.306 e. The van der Waals surface area contributed by atoms with Crippen LogP contribution in [0.3, 0.4) is 0 Å². The van der Waals surface area contributed by atoms with Crippen LogP contribution < -0.4 is 0 Å². The highest BCUT2D eigenvalue weighted by Crippen LogP contribution is 2.12. The lowest BCUT2D eigenvalue weighted by atomic mass is 10.1. The zero-order valence-corrected chi connectivity index (χ0v) is 44.7. The maximum absolute atomic E-state index is 12.8. The van der Waals surface area contributed by atoms with Gasteiger partial charge in [0.15, 0.2) is 6.10 Å². The molecular formula is C64H100O6. The van der Waals surface area contributed by atoms with Gasteiger partial charge in [-0.1, -0.05) is 244 Å². The molecule has 70 heavy (non-hydrogen) atoms. The number of unbranched alkanes of at least 4 members (excludes halogenated alkanes) is 19. The van der Waals surface area contributed by atoms with Gasteiger partial charge in [-0.3, -0.25) is 14.4 Å². The van der Waals surface area contributed by atoms with Crippen LogP contribution in [-0.4, -0.2) is 37.2 Å². The Kier molecular flexibility index (Phi) is 53.0. The molecule has 0 aliphatic rings. The molecule has 0 rings (SSSR count). The molecule has 0 aliphatic heterocycles. The minimum atomic E-state index is -0.837. The summed E-state index contributed by atoms with van der Waals surface area (Å²) in [7, 11) is 0. The lowest BCUT2D eigenvalue weighted by Gasteiger charge is -2.18. The average Bonchev–Trinajstić information content (AvgIpc) is 3.36. The fraction of sp³-hybridized carbons (Fsp3) is 0.578. The van der Waals surface area contributed by atoms with Gasteiger partial charge in [0.05, 0.1) is 0 Å². The summed E-state index contributed by atoms with van der Waals surface area (Å²) in [6.07, 6.45) is 81.2. The second kappa shape index (κ2) is 56.9. The minimum absolute atomic E-state index is 0.128. The van der Waals surface area contributed by atoms with Crippen molar-refractivity contribution in [1.29, 1.82) is 0 Å². The molecule has 0 N–H and O–H groups in total. The molecule has 0 aromatic heterocycles. The van der Waals surface area contributed by atoms with Crippen LogP contribution in [0.2, 0.25) is 0 Å². The maximum atomic E-state index is 12.8. The van der Waals surface area contributed by atoms with Gasteiger partial charge in [0.2, 0.25) is 0 Å². The van der Waals surface area contributed by atoms with Gasteiger partial charge in [-0.25, -0.2) is 0 Å². The van der Waals surface area contributed by atoms with E-state index in [0.29, 0.717) is 19.3 Å². The third-order valence-corrected chi connectivity index (χ3v) is 11.2. The first-order valence-corrected chi connectivity index (χ1v) is 27.9. The van der Waals surface area contributed by atoms with E-state index in [1.54, 1.807) is 0 Å². The second-order valence-corrected chi connectivity index (χ2v) is 17.9. The molecule has 0 bridgehead atoms. The Balaban J connectivity index is 4.62. The van der Waals surface area contributed by atoms with Crippen molar-refractivity contribution in [1.82, 2.24) is 0 Å². The van der Waals surface area contributed by atoms with Crippen LogP contribution in [0.5, 0.6) is 0 Å². The predicted molar refractivity (Wildman–Crippen MR) is 302 cm³/mol. The van der Waals surface area contributed by atoms with Gasteiger partial charge in [-0.15, -0.1) is 0 Å². The van der Waals surface area contributed by atoms with E-state index >= 15 is 0 Å². The molecule has 392 valence electrons. The van der Waals surface area contributed by atoms with E-state index in [4.69, 9.17) is 14.2 Å². The predicted octanol–water partition coefficient (Wildman–Crippen LogP) is 18.8. The Bertz CT molecular complexity index is 1580. The van der Waals surface area contributed by atoms with Gasteiger partial charge in [-0.2, -0.15) is 0 Å². The number of rotatable bonds is 48. The van der Waals surface area contributed by atoms with E-state index in [-0.39, 0.29) is 44.0 Å². The first-order valence-electron chi connectivity index (χ1n) is 27.9. The molecule has 0 radical (unpaired) electrons. The summed E-state index contributed by atoms with van der Waals surface area (Å²) in [4.78, 5) is 38.1. The van der Waals surface area contributed by atoms with Crippen LogP contribution in [0.25, 0.3) is 0 Å².